The summed E-state index contributed by atoms with van der Waals surface area (Å²) in [5.41, 5.74) is 2.42. The number of nitrogens with zero attached hydrogens (tertiary/aromatic N) is 4. The second-order valence-electron chi connectivity index (χ2n) is 9.33. The molecule has 210 valence electrons. The van der Waals surface area contributed by atoms with Crippen LogP contribution in [0.25, 0.3) is 0 Å². The van der Waals surface area contributed by atoms with E-state index in [1.54, 1.807) is 19.5 Å². The first kappa shape index (κ1) is 28.3. The molecule has 1 aliphatic heterocycles. The lowest BCUT2D eigenvalue weighted by atomic mass is 10.0. The van der Waals surface area contributed by atoms with E-state index in [1.807, 2.05) is 18.2 Å². The Bertz CT molecular complexity index is 1210. The van der Waals surface area contributed by atoms with Crippen LogP contribution in [0.5, 0.6) is 17.2 Å². The van der Waals surface area contributed by atoms with Crippen LogP contribution < -0.4 is 29.7 Å². The van der Waals surface area contributed by atoms with E-state index in [0.29, 0.717) is 12.4 Å². The highest BCUT2D eigenvalue weighted by atomic mass is 19.1. The van der Waals surface area contributed by atoms with Crippen molar-refractivity contribution in [1.82, 2.24) is 20.2 Å². The van der Waals surface area contributed by atoms with E-state index in [9.17, 15) is 8.78 Å². The number of aryl methyl sites for hydroxylation is 1. The Hall–Kier alpha value is -3.70. The molecule has 1 fully saturated rings. The third-order valence-corrected chi connectivity index (χ3v) is 6.84. The van der Waals surface area contributed by atoms with Crippen LogP contribution in [0.1, 0.15) is 11.1 Å². The van der Waals surface area contributed by atoms with Gasteiger partial charge in [-0.15, -0.1) is 0 Å². The van der Waals surface area contributed by atoms with Gasteiger partial charge in [0.25, 0.3) is 0 Å². The minimum Gasteiger partial charge on any atom is -0.495 e. The van der Waals surface area contributed by atoms with Gasteiger partial charge in [-0.05, 0) is 30.5 Å². The van der Waals surface area contributed by atoms with E-state index in [1.165, 1.54) is 20.3 Å². The Morgan fingerprint density at radius 1 is 0.923 bits per heavy atom. The molecule has 2 N–H and O–H groups in total. The Morgan fingerprint density at radius 3 is 2.18 bits per heavy atom. The first-order valence-corrected chi connectivity index (χ1v) is 12.9. The number of hydrogen-bond acceptors (Lipinski definition) is 9. The van der Waals surface area contributed by atoms with Gasteiger partial charge in [-0.2, -0.15) is 0 Å². The fourth-order valence-electron chi connectivity index (χ4n) is 4.52. The molecule has 3 aromatic rings. The van der Waals surface area contributed by atoms with E-state index >= 15 is 0 Å². The lowest BCUT2D eigenvalue weighted by Gasteiger charge is -2.30. The molecule has 11 heteroatoms. The third kappa shape index (κ3) is 7.04. The Morgan fingerprint density at radius 2 is 1.56 bits per heavy atom. The lowest BCUT2D eigenvalue weighted by Crippen LogP contribution is -2.46. The number of aromatic nitrogens is 2. The second kappa shape index (κ2) is 13.4. The van der Waals surface area contributed by atoms with Crippen molar-refractivity contribution >= 4 is 17.3 Å². The van der Waals surface area contributed by atoms with Crippen molar-refractivity contribution in [3.63, 3.8) is 0 Å². The molecule has 0 radical (unpaired) electrons. The fourth-order valence-corrected chi connectivity index (χ4v) is 4.52. The van der Waals surface area contributed by atoms with Crippen molar-refractivity contribution in [1.29, 1.82) is 0 Å². The van der Waals surface area contributed by atoms with Gasteiger partial charge in [-0.3, -0.25) is 4.90 Å². The minimum atomic E-state index is -0.734. The van der Waals surface area contributed by atoms with Gasteiger partial charge in [0, 0.05) is 82.1 Å². The standard InChI is InChI=1S/C28H36F2N6O3/c1-35(13-14-36-11-9-31-10-12-36)22-8-6-20(15-23(22)37-2)34-28-32-17-19(18-33-28)5-7-21-26(29)24(38-3)16-25(39-4)27(21)30/h6,8,15-18,31H,5,7,9-14H2,1-4H3,(H,32,33,34). The molecule has 1 saturated heterocycles. The van der Waals surface area contributed by atoms with E-state index in [0.717, 1.165) is 62.0 Å². The number of anilines is 3. The Balaban J connectivity index is 1.37. The molecule has 2 aromatic carbocycles. The van der Waals surface area contributed by atoms with Gasteiger partial charge in [0.1, 0.15) is 5.75 Å². The average Bonchev–Trinajstić information content (AvgIpc) is 2.97. The molecule has 0 bridgehead atoms. The summed E-state index contributed by atoms with van der Waals surface area (Å²) in [6, 6.07) is 7.08. The molecule has 39 heavy (non-hydrogen) atoms. The number of likely N-dealkylation sites (N-methyl/N-ethyl adjacent to an activating group) is 1. The van der Waals surface area contributed by atoms with Gasteiger partial charge in [0.15, 0.2) is 23.1 Å². The van der Waals surface area contributed by atoms with E-state index < -0.39 is 11.6 Å². The summed E-state index contributed by atoms with van der Waals surface area (Å²) < 4.78 is 45.0. The summed E-state index contributed by atoms with van der Waals surface area (Å²) in [5.74, 6) is -0.445. The topological polar surface area (TPSA) is 84.0 Å². The average molecular weight is 543 g/mol. The number of methoxy groups -OCH3 is 3. The van der Waals surface area contributed by atoms with E-state index in [-0.39, 0.29) is 23.5 Å². The normalized spacial score (nSPS) is 13.7. The van der Waals surface area contributed by atoms with Crippen molar-refractivity contribution in [2.75, 3.05) is 77.9 Å². The highest BCUT2D eigenvalue weighted by Crippen LogP contribution is 2.33. The number of rotatable bonds is 12. The molecule has 1 aliphatic rings. The van der Waals surface area contributed by atoms with Crippen molar-refractivity contribution in [3.8, 4) is 17.2 Å². The van der Waals surface area contributed by atoms with Gasteiger partial charge in [-0.25, -0.2) is 18.7 Å². The maximum Gasteiger partial charge on any atom is 0.227 e. The molecule has 0 atom stereocenters. The zero-order chi connectivity index (χ0) is 27.8. The zero-order valence-electron chi connectivity index (χ0n) is 22.9. The molecular weight excluding hydrogens is 506 g/mol. The predicted molar refractivity (Wildman–Crippen MR) is 148 cm³/mol. The van der Waals surface area contributed by atoms with Gasteiger partial charge in [0.05, 0.1) is 27.0 Å². The highest BCUT2D eigenvalue weighted by molar-refractivity contribution is 5.67. The van der Waals surface area contributed by atoms with Crippen molar-refractivity contribution in [2.24, 2.45) is 0 Å². The van der Waals surface area contributed by atoms with Crippen LogP contribution >= 0.6 is 0 Å². The molecule has 0 amide bonds. The van der Waals surface area contributed by atoms with Crippen molar-refractivity contribution < 1.29 is 23.0 Å². The molecule has 0 aliphatic carbocycles. The molecule has 9 nitrogen and oxygen atoms in total. The number of benzene rings is 2. The van der Waals surface area contributed by atoms with Crippen LogP contribution in [0.15, 0.2) is 36.7 Å². The summed E-state index contributed by atoms with van der Waals surface area (Å²) in [5, 5.41) is 6.57. The van der Waals surface area contributed by atoms with Crippen LogP contribution in [0.4, 0.5) is 26.1 Å². The lowest BCUT2D eigenvalue weighted by molar-refractivity contribution is 0.246. The fraction of sp³-hybridized carbons (Fsp3) is 0.429. The quantitative estimate of drug-likeness (QED) is 0.356. The Kier molecular flexibility index (Phi) is 9.72. The smallest absolute Gasteiger partial charge is 0.227 e. The third-order valence-electron chi connectivity index (χ3n) is 6.84. The van der Waals surface area contributed by atoms with E-state index in [4.69, 9.17) is 14.2 Å². The van der Waals surface area contributed by atoms with Crippen LogP contribution in [-0.4, -0.2) is 82.5 Å². The number of ether oxygens (including phenoxy) is 3. The van der Waals surface area contributed by atoms with Crippen LogP contribution in [-0.2, 0) is 12.8 Å². The summed E-state index contributed by atoms with van der Waals surface area (Å²) in [6.45, 7) is 6.08. The van der Waals surface area contributed by atoms with Crippen molar-refractivity contribution in [2.45, 2.75) is 12.8 Å². The number of piperazine rings is 1. The second-order valence-corrected chi connectivity index (χ2v) is 9.33. The van der Waals surface area contributed by atoms with Gasteiger partial charge < -0.3 is 29.7 Å². The number of nitrogens with one attached hydrogen (secondary N) is 2. The predicted octanol–water partition coefficient (Wildman–Crippen LogP) is 3.65. The van der Waals surface area contributed by atoms with Crippen molar-refractivity contribution in [3.05, 3.63) is 59.4 Å². The van der Waals surface area contributed by atoms with Gasteiger partial charge in [-0.1, -0.05) is 0 Å². The first-order valence-electron chi connectivity index (χ1n) is 12.9. The highest BCUT2D eigenvalue weighted by Gasteiger charge is 2.20. The van der Waals surface area contributed by atoms with Crippen LogP contribution in [0, 0.1) is 11.6 Å². The SMILES string of the molecule is COc1cc(Nc2ncc(CCc3c(F)c(OC)cc(OC)c3F)cn2)ccc1N(C)CCN1CCNCC1. The number of halogens is 2. The summed E-state index contributed by atoms with van der Waals surface area (Å²) in [4.78, 5) is 13.4. The molecule has 4 rings (SSSR count). The maximum absolute atomic E-state index is 14.6. The van der Waals surface area contributed by atoms with Crippen LogP contribution in [0.3, 0.4) is 0 Å². The first-order chi connectivity index (χ1) is 18.9. The molecule has 0 spiro atoms. The molecular formula is C28H36F2N6O3. The monoisotopic (exact) mass is 542 g/mol. The summed E-state index contributed by atoms with van der Waals surface area (Å²) >= 11 is 0. The van der Waals surface area contributed by atoms with E-state index in [2.05, 4.69) is 37.4 Å². The largest absolute Gasteiger partial charge is 0.495 e. The Labute approximate surface area is 228 Å². The maximum atomic E-state index is 14.6. The molecule has 2 heterocycles. The van der Waals surface area contributed by atoms with Gasteiger partial charge in [0.2, 0.25) is 5.95 Å². The number of hydrogen-bond donors (Lipinski definition) is 2. The van der Waals surface area contributed by atoms with Gasteiger partial charge >= 0.3 is 0 Å². The molecule has 0 saturated carbocycles. The molecule has 1 aromatic heterocycles. The molecule has 0 unspecified atom stereocenters. The zero-order valence-corrected chi connectivity index (χ0v) is 22.9. The minimum absolute atomic E-state index is 0.0637. The summed E-state index contributed by atoms with van der Waals surface area (Å²) in [6.07, 6.45) is 3.71. The van der Waals surface area contributed by atoms with Crippen LogP contribution in [0.2, 0.25) is 0 Å². The summed E-state index contributed by atoms with van der Waals surface area (Å²) in [7, 11) is 6.38.